The van der Waals surface area contributed by atoms with Crippen molar-refractivity contribution in [1.82, 2.24) is 4.90 Å². The molecule has 3 fully saturated rings. The lowest BCUT2D eigenvalue weighted by Gasteiger charge is -2.44. The van der Waals surface area contributed by atoms with Crippen molar-refractivity contribution in [3.63, 3.8) is 0 Å². The van der Waals surface area contributed by atoms with E-state index in [9.17, 15) is 5.11 Å². The molecule has 3 aliphatic rings. The van der Waals surface area contributed by atoms with Gasteiger partial charge in [0.05, 0.1) is 5.60 Å². The van der Waals surface area contributed by atoms with Crippen LogP contribution >= 0.6 is 0 Å². The summed E-state index contributed by atoms with van der Waals surface area (Å²) in [7, 11) is 0. The maximum Gasteiger partial charge on any atom is 0.0690 e. The standard InChI is InChI=1S/C18H33NO/c20-18(14-16-8-2-1-3-9-16)11-5-4-10-17(18)15-19-12-6-7-13-19/h16-17,20H,1-15H2. The zero-order chi connectivity index (χ0) is 13.8. The van der Waals surface area contributed by atoms with E-state index >= 15 is 0 Å². The summed E-state index contributed by atoms with van der Waals surface area (Å²) < 4.78 is 0. The van der Waals surface area contributed by atoms with Crippen LogP contribution in [-0.4, -0.2) is 35.2 Å². The lowest BCUT2D eigenvalue weighted by atomic mass is 9.69. The predicted octanol–water partition coefficient (Wildman–Crippen LogP) is 3.97. The monoisotopic (exact) mass is 279 g/mol. The molecule has 2 atom stereocenters. The van der Waals surface area contributed by atoms with Crippen LogP contribution in [0.25, 0.3) is 0 Å². The van der Waals surface area contributed by atoms with E-state index in [4.69, 9.17) is 0 Å². The molecule has 1 heterocycles. The van der Waals surface area contributed by atoms with Crippen molar-refractivity contribution < 1.29 is 5.11 Å². The van der Waals surface area contributed by atoms with E-state index in [1.165, 1.54) is 83.8 Å². The topological polar surface area (TPSA) is 23.5 Å². The Labute approximate surface area is 124 Å². The lowest BCUT2D eigenvalue weighted by Crippen LogP contribution is -2.47. The first kappa shape index (κ1) is 14.8. The van der Waals surface area contributed by atoms with Crippen molar-refractivity contribution in [1.29, 1.82) is 0 Å². The summed E-state index contributed by atoms with van der Waals surface area (Å²) in [5, 5.41) is 11.3. The minimum absolute atomic E-state index is 0.331. The second-order valence-electron chi connectivity index (χ2n) is 7.76. The van der Waals surface area contributed by atoms with Gasteiger partial charge in [-0.3, -0.25) is 0 Å². The highest BCUT2D eigenvalue weighted by atomic mass is 16.3. The molecule has 0 spiro atoms. The zero-order valence-electron chi connectivity index (χ0n) is 13.2. The largest absolute Gasteiger partial charge is 0.390 e. The molecule has 2 nitrogen and oxygen atoms in total. The minimum Gasteiger partial charge on any atom is -0.390 e. The molecule has 2 heteroatoms. The smallest absolute Gasteiger partial charge is 0.0690 e. The highest BCUT2D eigenvalue weighted by Crippen LogP contribution is 2.42. The van der Waals surface area contributed by atoms with Crippen LogP contribution in [0.15, 0.2) is 0 Å². The highest BCUT2D eigenvalue weighted by Gasteiger charge is 2.41. The molecule has 0 aromatic carbocycles. The summed E-state index contributed by atoms with van der Waals surface area (Å²) in [5.41, 5.74) is -0.331. The number of rotatable bonds is 4. The molecule has 116 valence electrons. The molecule has 0 bridgehead atoms. The fourth-order valence-corrected chi connectivity index (χ4v) is 4.99. The number of hydrogen-bond acceptors (Lipinski definition) is 2. The molecule has 1 saturated heterocycles. The average molecular weight is 279 g/mol. The molecule has 2 unspecified atom stereocenters. The van der Waals surface area contributed by atoms with Crippen LogP contribution in [-0.2, 0) is 0 Å². The van der Waals surface area contributed by atoms with E-state index in [2.05, 4.69) is 4.90 Å². The highest BCUT2D eigenvalue weighted by molar-refractivity contribution is 4.94. The fraction of sp³-hybridized carbons (Fsp3) is 1.00. The Bertz CT molecular complexity index is 294. The van der Waals surface area contributed by atoms with Gasteiger partial charge in [0.1, 0.15) is 0 Å². The van der Waals surface area contributed by atoms with Gasteiger partial charge in [-0.1, -0.05) is 44.9 Å². The molecule has 20 heavy (non-hydrogen) atoms. The molecule has 0 radical (unpaired) electrons. The second kappa shape index (κ2) is 6.79. The van der Waals surface area contributed by atoms with Crippen molar-refractivity contribution >= 4 is 0 Å². The van der Waals surface area contributed by atoms with Gasteiger partial charge in [0.15, 0.2) is 0 Å². The first-order chi connectivity index (χ1) is 9.76. The Hall–Kier alpha value is -0.0800. The number of likely N-dealkylation sites (tertiary alicyclic amines) is 1. The van der Waals surface area contributed by atoms with E-state index < -0.39 is 0 Å². The van der Waals surface area contributed by atoms with Crippen LogP contribution in [0.1, 0.15) is 77.0 Å². The SMILES string of the molecule is OC1(CC2CCCCC2)CCCCC1CN1CCCC1. The van der Waals surface area contributed by atoms with Crippen molar-refractivity contribution in [2.24, 2.45) is 11.8 Å². The van der Waals surface area contributed by atoms with E-state index in [0.29, 0.717) is 5.92 Å². The first-order valence-electron chi connectivity index (χ1n) is 9.21. The molecule has 3 rings (SSSR count). The third-order valence-electron chi connectivity index (χ3n) is 6.22. The summed E-state index contributed by atoms with van der Waals surface area (Å²) in [6, 6.07) is 0. The Morgan fingerprint density at radius 3 is 2.30 bits per heavy atom. The number of nitrogens with zero attached hydrogens (tertiary/aromatic N) is 1. The van der Waals surface area contributed by atoms with E-state index in [1.807, 2.05) is 0 Å². The average Bonchev–Trinajstić information content (AvgIpc) is 2.96. The Morgan fingerprint density at radius 1 is 0.850 bits per heavy atom. The van der Waals surface area contributed by atoms with E-state index in [1.54, 1.807) is 0 Å². The predicted molar refractivity (Wildman–Crippen MR) is 83.8 cm³/mol. The Kier molecular flexibility index (Phi) is 5.04. The molecule has 0 aromatic heterocycles. The van der Waals surface area contributed by atoms with Crippen LogP contribution in [0.3, 0.4) is 0 Å². The molecule has 1 aliphatic heterocycles. The lowest BCUT2D eigenvalue weighted by molar-refractivity contribution is -0.0771. The van der Waals surface area contributed by atoms with Gasteiger partial charge < -0.3 is 10.0 Å². The second-order valence-corrected chi connectivity index (χ2v) is 7.76. The van der Waals surface area contributed by atoms with Crippen LogP contribution in [0, 0.1) is 11.8 Å². The fourth-order valence-electron chi connectivity index (χ4n) is 4.99. The maximum atomic E-state index is 11.3. The van der Waals surface area contributed by atoms with Crippen LogP contribution < -0.4 is 0 Å². The van der Waals surface area contributed by atoms with Gasteiger partial charge in [-0.05, 0) is 51.1 Å². The first-order valence-corrected chi connectivity index (χ1v) is 9.21. The van der Waals surface area contributed by atoms with E-state index in [-0.39, 0.29) is 5.60 Å². The van der Waals surface area contributed by atoms with Crippen LogP contribution in [0.4, 0.5) is 0 Å². The molecule has 2 saturated carbocycles. The molecule has 1 N–H and O–H groups in total. The summed E-state index contributed by atoms with van der Waals surface area (Å²) in [6.45, 7) is 3.72. The molecular formula is C18H33NO. The van der Waals surface area contributed by atoms with Crippen molar-refractivity contribution in [2.45, 2.75) is 82.7 Å². The van der Waals surface area contributed by atoms with Gasteiger partial charge in [-0.15, -0.1) is 0 Å². The Morgan fingerprint density at radius 2 is 1.55 bits per heavy atom. The van der Waals surface area contributed by atoms with Crippen molar-refractivity contribution in [3.05, 3.63) is 0 Å². The third-order valence-corrected chi connectivity index (χ3v) is 6.22. The maximum absolute atomic E-state index is 11.3. The molecular weight excluding hydrogens is 246 g/mol. The van der Waals surface area contributed by atoms with Crippen molar-refractivity contribution in [2.75, 3.05) is 19.6 Å². The van der Waals surface area contributed by atoms with Gasteiger partial charge in [0, 0.05) is 12.5 Å². The summed E-state index contributed by atoms with van der Waals surface area (Å²) in [4.78, 5) is 2.61. The number of aliphatic hydroxyl groups is 1. The Balaban J connectivity index is 1.59. The van der Waals surface area contributed by atoms with Gasteiger partial charge in [-0.2, -0.15) is 0 Å². The van der Waals surface area contributed by atoms with Gasteiger partial charge in [0.2, 0.25) is 0 Å². The molecule has 0 amide bonds. The molecule has 2 aliphatic carbocycles. The van der Waals surface area contributed by atoms with Gasteiger partial charge in [0.25, 0.3) is 0 Å². The van der Waals surface area contributed by atoms with Crippen molar-refractivity contribution in [3.8, 4) is 0 Å². The van der Waals surface area contributed by atoms with Gasteiger partial charge >= 0.3 is 0 Å². The summed E-state index contributed by atoms with van der Waals surface area (Å²) in [6.07, 6.45) is 15.7. The van der Waals surface area contributed by atoms with E-state index in [0.717, 1.165) is 18.8 Å². The zero-order valence-corrected chi connectivity index (χ0v) is 13.2. The summed E-state index contributed by atoms with van der Waals surface area (Å²) >= 11 is 0. The quantitative estimate of drug-likeness (QED) is 0.841. The van der Waals surface area contributed by atoms with Crippen LogP contribution in [0.2, 0.25) is 0 Å². The summed E-state index contributed by atoms with van der Waals surface area (Å²) in [5.74, 6) is 1.37. The van der Waals surface area contributed by atoms with Gasteiger partial charge in [-0.25, -0.2) is 0 Å². The normalized spacial score (nSPS) is 37.4. The van der Waals surface area contributed by atoms with Crippen LogP contribution in [0.5, 0.6) is 0 Å². The third kappa shape index (κ3) is 3.57. The number of hydrogen-bond donors (Lipinski definition) is 1. The minimum atomic E-state index is -0.331. The molecule has 0 aromatic rings.